The number of halogens is 3. The number of tetrazole rings is 1. The van der Waals surface area contributed by atoms with Crippen LogP contribution >= 0.6 is 12.6 Å². The largest absolute Gasteiger partial charge is 0.418 e. The summed E-state index contributed by atoms with van der Waals surface area (Å²) in [4.78, 5) is 17.9. The number of fused-ring (bicyclic) bond motifs is 1. The number of amides is 1. The van der Waals surface area contributed by atoms with Crippen LogP contribution in [0.15, 0.2) is 91.0 Å². The van der Waals surface area contributed by atoms with Crippen molar-refractivity contribution >= 4 is 29.6 Å². The molecule has 0 aliphatic heterocycles. The first-order valence-electron chi connectivity index (χ1n) is 15.2. The van der Waals surface area contributed by atoms with E-state index in [0.717, 1.165) is 33.9 Å². The zero-order valence-electron chi connectivity index (χ0n) is 25.5. The van der Waals surface area contributed by atoms with Gasteiger partial charge in [0.25, 0.3) is 5.91 Å². The summed E-state index contributed by atoms with van der Waals surface area (Å²) in [6.07, 6.45) is -3.05. The monoisotopic (exact) mass is 655 g/mol. The molecule has 47 heavy (non-hydrogen) atoms. The van der Waals surface area contributed by atoms with Crippen molar-refractivity contribution in [3.8, 4) is 22.5 Å². The average Bonchev–Trinajstić information content (AvgIpc) is 3.73. The maximum Gasteiger partial charge on any atom is 0.418 e. The summed E-state index contributed by atoms with van der Waals surface area (Å²) in [6, 6.07) is 27.1. The van der Waals surface area contributed by atoms with Gasteiger partial charge < -0.3 is 9.88 Å². The predicted molar refractivity (Wildman–Crippen MR) is 178 cm³/mol. The van der Waals surface area contributed by atoms with Gasteiger partial charge in [0, 0.05) is 35.9 Å². The molecule has 2 heterocycles. The summed E-state index contributed by atoms with van der Waals surface area (Å²) in [7, 11) is 0. The van der Waals surface area contributed by atoms with Crippen molar-refractivity contribution in [2.45, 2.75) is 44.9 Å². The van der Waals surface area contributed by atoms with Crippen LogP contribution in [0.4, 0.5) is 13.2 Å². The predicted octanol–water partition coefficient (Wildman–Crippen LogP) is 7.17. The Kier molecular flexibility index (Phi) is 9.39. The maximum atomic E-state index is 14.5. The molecule has 1 unspecified atom stereocenters. The van der Waals surface area contributed by atoms with Crippen molar-refractivity contribution in [1.29, 1.82) is 0 Å². The Bertz CT molecular complexity index is 1980. The molecular formula is C35H32F3N7OS. The van der Waals surface area contributed by atoms with Crippen LogP contribution in [0.1, 0.15) is 46.2 Å². The Morgan fingerprint density at radius 2 is 1.68 bits per heavy atom. The van der Waals surface area contributed by atoms with E-state index in [4.69, 9.17) is 0 Å². The number of hydrogen-bond acceptors (Lipinski definition) is 6. The van der Waals surface area contributed by atoms with Gasteiger partial charge in [0.15, 0.2) is 0 Å². The van der Waals surface area contributed by atoms with Crippen molar-refractivity contribution in [1.82, 2.24) is 35.5 Å². The molecule has 12 heteroatoms. The number of aryl methyl sites for hydroxylation is 1. The molecule has 0 aliphatic carbocycles. The second kappa shape index (κ2) is 13.8. The van der Waals surface area contributed by atoms with Crippen LogP contribution in [-0.4, -0.2) is 47.9 Å². The van der Waals surface area contributed by atoms with E-state index in [0.29, 0.717) is 36.7 Å². The number of nitrogens with zero attached hydrogens (tertiary/aromatic N) is 5. The highest BCUT2D eigenvalue weighted by molar-refractivity contribution is 7.80. The van der Waals surface area contributed by atoms with Crippen molar-refractivity contribution < 1.29 is 18.0 Å². The molecule has 0 aliphatic rings. The smallest absolute Gasteiger partial charge is 0.348 e. The lowest BCUT2D eigenvalue weighted by atomic mass is 9.98. The number of nitrogens with one attached hydrogen (secondary N) is 2. The number of H-pyrrole nitrogens is 1. The van der Waals surface area contributed by atoms with Crippen molar-refractivity contribution in [3.63, 3.8) is 0 Å². The van der Waals surface area contributed by atoms with E-state index in [-0.39, 0.29) is 29.2 Å². The molecule has 0 radical (unpaired) electrons. The van der Waals surface area contributed by atoms with Crippen LogP contribution in [0.2, 0.25) is 0 Å². The second-order valence-corrected chi connectivity index (χ2v) is 11.6. The molecule has 240 valence electrons. The minimum absolute atomic E-state index is 0.0812. The highest BCUT2D eigenvalue weighted by atomic mass is 32.1. The van der Waals surface area contributed by atoms with Crippen LogP contribution < -0.4 is 5.32 Å². The lowest BCUT2D eigenvalue weighted by molar-refractivity contribution is -0.136. The highest BCUT2D eigenvalue weighted by Crippen LogP contribution is 2.37. The quantitative estimate of drug-likeness (QED) is 0.129. The van der Waals surface area contributed by atoms with Crippen LogP contribution in [0.5, 0.6) is 0 Å². The van der Waals surface area contributed by atoms with Crippen LogP contribution in [-0.2, 0) is 25.6 Å². The van der Waals surface area contributed by atoms with Gasteiger partial charge in [-0.15, -0.1) is 10.2 Å². The first-order valence-corrected chi connectivity index (χ1v) is 15.9. The summed E-state index contributed by atoms with van der Waals surface area (Å²) in [5.74, 6) is 0.722. The molecule has 8 nitrogen and oxygen atoms in total. The lowest BCUT2D eigenvalue weighted by Gasteiger charge is -2.18. The summed E-state index contributed by atoms with van der Waals surface area (Å²) >= 11 is 4.39. The number of imidazole rings is 1. The molecule has 4 aromatic carbocycles. The van der Waals surface area contributed by atoms with Crippen molar-refractivity contribution in [3.05, 3.63) is 119 Å². The molecule has 1 atom stereocenters. The van der Waals surface area contributed by atoms with Gasteiger partial charge in [-0.2, -0.15) is 31.0 Å². The fraction of sp³-hybridized carbons (Fsp3) is 0.229. The number of rotatable bonds is 11. The number of thiol groups is 1. The van der Waals surface area contributed by atoms with Gasteiger partial charge in [-0.25, -0.2) is 4.98 Å². The zero-order valence-corrected chi connectivity index (χ0v) is 26.4. The Morgan fingerprint density at radius 3 is 2.34 bits per heavy atom. The summed E-state index contributed by atoms with van der Waals surface area (Å²) in [5, 5.41) is 17.2. The Morgan fingerprint density at radius 1 is 0.957 bits per heavy atom. The molecule has 0 fully saturated rings. The standard InChI is InChI=1S/C35H32F3N7OS/c1-2-8-31-40-32-29(35(36,37)38)18-25(34(46)39-26(21-47)17-22-9-4-3-5-10-22)19-30(32)45(31)20-23-13-15-24(16-14-23)27-11-6-7-12-28(27)33-41-43-44-42-33/h3-7,9-16,18-19,26,47H,2,8,17,20-21H2,1H3,(H,39,46)(H,41,42,43,44). The molecule has 2 N–H and O–H groups in total. The van der Waals surface area contributed by atoms with E-state index in [1.165, 1.54) is 6.07 Å². The Hall–Kier alpha value is -4.97. The third-order valence-corrected chi connectivity index (χ3v) is 8.41. The number of alkyl halides is 3. The van der Waals surface area contributed by atoms with E-state index in [1.807, 2.05) is 85.8 Å². The minimum Gasteiger partial charge on any atom is -0.348 e. The molecule has 0 saturated carbocycles. The van der Waals surface area contributed by atoms with Crippen molar-refractivity contribution in [2.75, 3.05) is 5.75 Å². The molecule has 6 rings (SSSR count). The molecule has 0 spiro atoms. The van der Waals surface area contributed by atoms with Gasteiger partial charge in [0.05, 0.1) is 11.1 Å². The number of benzene rings is 4. The topological polar surface area (TPSA) is 101 Å². The third-order valence-electron chi connectivity index (χ3n) is 7.97. The fourth-order valence-electron chi connectivity index (χ4n) is 5.72. The fourth-order valence-corrected chi connectivity index (χ4v) is 5.94. The van der Waals surface area contributed by atoms with E-state index in [1.54, 1.807) is 4.57 Å². The highest BCUT2D eigenvalue weighted by Gasteiger charge is 2.36. The molecule has 6 aromatic rings. The number of aromatic nitrogens is 6. The number of aromatic amines is 1. The van der Waals surface area contributed by atoms with Crippen LogP contribution in [0.3, 0.4) is 0 Å². The first-order chi connectivity index (χ1) is 22.7. The number of carbonyl (C=O) groups excluding carboxylic acids is 1. The third kappa shape index (κ3) is 7.07. The van der Waals surface area contributed by atoms with E-state index < -0.39 is 17.6 Å². The maximum absolute atomic E-state index is 14.5. The van der Waals surface area contributed by atoms with Gasteiger partial charge in [-0.05, 0) is 52.4 Å². The normalized spacial score (nSPS) is 12.4. The van der Waals surface area contributed by atoms with Crippen LogP contribution in [0, 0.1) is 0 Å². The van der Waals surface area contributed by atoms with E-state index >= 15 is 0 Å². The number of carbonyl (C=O) groups is 1. The average molecular weight is 656 g/mol. The first kappa shape index (κ1) is 32.0. The molecule has 0 bridgehead atoms. The summed E-state index contributed by atoms with van der Waals surface area (Å²) in [5.41, 5.74) is 3.58. The SMILES string of the molecule is CCCc1nc2c(C(F)(F)F)cc(C(=O)NC(CS)Cc3ccccc3)cc2n1Cc1ccc(-c2ccccc2-c2nn[nH]n2)cc1. The minimum atomic E-state index is -4.71. The summed E-state index contributed by atoms with van der Waals surface area (Å²) < 4.78 is 45.2. The van der Waals surface area contributed by atoms with Gasteiger partial charge in [0.2, 0.25) is 5.82 Å². The van der Waals surface area contributed by atoms with Gasteiger partial charge in [0.1, 0.15) is 11.3 Å². The van der Waals surface area contributed by atoms with Gasteiger partial charge >= 0.3 is 6.18 Å². The summed E-state index contributed by atoms with van der Waals surface area (Å²) in [6.45, 7) is 2.22. The molecule has 2 aromatic heterocycles. The van der Waals surface area contributed by atoms with Crippen LogP contribution in [0.25, 0.3) is 33.5 Å². The second-order valence-electron chi connectivity index (χ2n) is 11.3. The van der Waals surface area contributed by atoms with E-state index in [2.05, 4.69) is 43.6 Å². The zero-order chi connectivity index (χ0) is 33.0. The molecular weight excluding hydrogens is 623 g/mol. The van der Waals surface area contributed by atoms with Crippen molar-refractivity contribution in [2.24, 2.45) is 0 Å². The van der Waals surface area contributed by atoms with Gasteiger partial charge in [-0.1, -0.05) is 85.8 Å². The lowest BCUT2D eigenvalue weighted by Crippen LogP contribution is -2.38. The Balaban J connectivity index is 1.35. The van der Waals surface area contributed by atoms with E-state index in [9.17, 15) is 18.0 Å². The number of hydrogen-bond donors (Lipinski definition) is 3. The molecule has 0 saturated heterocycles. The Labute approximate surface area is 274 Å². The molecule has 1 amide bonds. The van der Waals surface area contributed by atoms with Gasteiger partial charge in [-0.3, -0.25) is 4.79 Å².